The number of hydrogen-bond acceptors (Lipinski definition) is 2. The molecule has 2 aliphatic rings. The van der Waals surface area contributed by atoms with Gasteiger partial charge in [-0.1, -0.05) is 0 Å². The summed E-state index contributed by atoms with van der Waals surface area (Å²) in [5.74, 6) is -0.438. The van der Waals surface area contributed by atoms with E-state index in [0.29, 0.717) is 17.4 Å². The van der Waals surface area contributed by atoms with Crippen molar-refractivity contribution in [3.8, 4) is 0 Å². The standard InChI is InChI=1S/C18H19FN2O3/c19-11-3-4-12-10(8-20-15(12)6-11)5-16(18(23)24)21-17(22)14-7-13(14)9-1-2-9/h3-4,6,8-9,13-14,16,20H,1-2,5,7H2,(H,21,22)(H,23,24)/t13-,14+,16-/m0/s1. The molecule has 1 amide bonds. The fraction of sp³-hybridized carbons (Fsp3) is 0.444. The van der Waals surface area contributed by atoms with Gasteiger partial charge in [-0.25, -0.2) is 9.18 Å². The van der Waals surface area contributed by atoms with Gasteiger partial charge in [-0.05, 0) is 54.9 Å². The zero-order valence-corrected chi connectivity index (χ0v) is 13.1. The molecule has 3 N–H and O–H groups in total. The van der Waals surface area contributed by atoms with Crippen LogP contribution in [0.4, 0.5) is 4.39 Å². The largest absolute Gasteiger partial charge is 0.480 e. The Balaban J connectivity index is 1.46. The SMILES string of the molecule is O=C(O)[C@H](Cc1c[nH]c2cc(F)ccc12)NC(=O)[C@@H]1C[C@H]1C1CC1. The van der Waals surface area contributed by atoms with Crippen molar-refractivity contribution >= 4 is 22.8 Å². The summed E-state index contributed by atoms with van der Waals surface area (Å²) in [6.45, 7) is 0. The minimum Gasteiger partial charge on any atom is -0.480 e. The number of amides is 1. The van der Waals surface area contributed by atoms with Gasteiger partial charge in [0.2, 0.25) is 5.91 Å². The van der Waals surface area contributed by atoms with Crippen LogP contribution >= 0.6 is 0 Å². The van der Waals surface area contributed by atoms with E-state index in [-0.39, 0.29) is 24.1 Å². The van der Waals surface area contributed by atoms with Crippen LogP contribution in [0.5, 0.6) is 0 Å². The number of H-pyrrole nitrogens is 1. The molecule has 3 atom stereocenters. The molecule has 0 saturated heterocycles. The molecule has 0 unspecified atom stereocenters. The van der Waals surface area contributed by atoms with E-state index >= 15 is 0 Å². The van der Waals surface area contributed by atoms with Gasteiger partial charge in [0.25, 0.3) is 0 Å². The second-order valence-corrected chi connectivity index (χ2v) is 6.95. The maximum Gasteiger partial charge on any atom is 0.326 e. The lowest BCUT2D eigenvalue weighted by Crippen LogP contribution is -2.43. The first-order valence-electron chi connectivity index (χ1n) is 8.31. The normalized spacial score (nSPS) is 23.9. The molecule has 0 aliphatic heterocycles. The molecule has 5 nitrogen and oxygen atoms in total. The van der Waals surface area contributed by atoms with Crippen molar-refractivity contribution in [1.29, 1.82) is 0 Å². The summed E-state index contributed by atoms with van der Waals surface area (Å²) >= 11 is 0. The number of nitrogens with one attached hydrogen (secondary N) is 2. The Morgan fingerprint density at radius 3 is 2.88 bits per heavy atom. The summed E-state index contributed by atoms with van der Waals surface area (Å²) in [6, 6.07) is 3.37. The van der Waals surface area contributed by atoms with Gasteiger partial charge in [-0.3, -0.25) is 4.79 Å². The Hall–Kier alpha value is -2.37. The first kappa shape index (κ1) is 15.2. The molecule has 0 radical (unpaired) electrons. The monoisotopic (exact) mass is 330 g/mol. The van der Waals surface area contributed by atoms with Crippen LogP contribution in [0.25, 0.3) is 10.9 Å². The van der Waals surface area contributed by atoms with E-state index in [1.54, 1.807) is 12.3 Å². The highest BCUT2D eigenvalue weighted by Gasteiger charge is 2.51. The maximum atomic E-state index is 13.2. The second-order valence-electron chi connectivity index (χ2n) is 6.95. The predicted molar refractivity (Wildman–Crippen MR) is 85.8 cm³/mol. The van der Waals surface area contributed by atoms with Gasteiger partial charge in [-0.15, -0.1) is 0 Å². The number of carboxylic acids is 1. The van der Waals surface area contributed by atoms with Crippen molar-refractivity contribution in [1.82, 2.24) is 10.3 Å². The Morgan fingerprint density at radius 1 is 1.38 bits per heavy atom. The van der Waals surface area contributed by atoms with Crippen molar-refractivity contribution in [2.24, 2.45) is 17.8 Å². The first-order chi connectivity index (χ1) is 11.5. The molecule has 2 fully saturated rings. The lowest BCUT2D eigenvalue weighted by molar-refractivity contribution is -0.142. The third-order valence-corrected chi connectivity index (χ3v) is 5.17. The van der Waals surface area contributed by atoms with Crippen molar-refractivity contribution in [3.63, 3.8) is 0 Å². The van der Waals surface area contributed by atoms with Gasteiger partial charge >= 0.3 is 5.97 Å². The molecule has 24 heavy (non-hydrogen) atoms. The fourth-order valence-corrected chi connectivity index (χ4v) is 3.59. The predicted octanol–water partition coefficient (Wildman–Crippen LogP) is 2.47. The summed E-state index contributed by atoms with van der Waals surface area (Å²) in [5.41, 5.74) is 1.38. The van der Waals surface area contributed by atoms with Gasteiger partial charge in [0.05, 0.1) is 0 Å². The number of aromatic amines is 1. The highest BCUT2D eigenvalue weighted by Crippen LogP contribution is 2.54. The number of carboxylic acid groups (broad SMARTS) is 1. The smallest absolute Gasteiger partial charge is 0.326 e. The summed E-state index contributed by atoms with van der Waals surface area (Å²) < 4.78 is 13.2. The maximum absolute atomic E-state index is 13.2. The van der Waals surface area contributed by atoms with Crippen LogP contribution in [0.1, 0.15) is 24.8 Å². The van der Waals surface area contributed by atoms with E-state index in [1.807, 2.05) is 0 Å². The van der Waals surface area contributed by atoms with Crippen LogP contribution in [0.15, 0.2) is 24.4 Å². The van der Waals surface area contributed by atoms with Crippen LogP contribution in [0.2, 0.25) is 0 Å². The van der Waals surface area contributed by atoms with Gasteiger partial charge in [0, 0.05) is 29.4 Å². The van der Waals surface area contributed by atoms with Crippen molar-refractivity contribution in [2.45, 2.75) is 31.7 Å². The molecule has 1 aromatic carbocycles. The Bertz CT molecular complexity index is 812. The van der Waals surface area contributed by atoms with E-state index in [0.717, 1.165) is 17.4 Å². The van der Waals surface area contributed by atoms with Crippen LogP contribution in [-0.4, -0.2) is 28.0 Å². The molecule has 1 aromatic heterocycles. The zero-order chi connectivity index (χ0) is 16.8. The zero-order valence-electron chi connectivity index (χ0n) is 13.1. The van der Waals surface area contributed by atoms with E-state index in [9.17, 15) is 19.1 Å². The number of hydrogen-bond donors (Lipinski definition) is 3. The number of aliphatic carboxylic acids is 1. The highest BCUT2D eigenvalue weighted by atomic mass is 19.1. The number of carbonyl (C=O) groups excluding carboxylic acids is 1. The number of halogens is 1. The minimum atomic E-state index is -1.05. The molecule has 2 aliphatic carbocycles. The average Bonchev–Trinajstić information content (AvgIpc) is 3.42. The lowest BCUT2D eigenvalue weighted by atomic mass is 10.0. The second kappa shape index (κ2) is 5.61. The van der Waals surface area contributed by atoms with Crippen molar-refractivity contribution < 1.29 is 19.1 Å². The number of benzene rings is 1. The molecule has 1 heterocycles. The quantitative estimate of drug-likeness (QED) is 0.761. The van der Waals surface area contributed by atoms with Gasteiger partial charge < -0.3 is 15.4 Å². The third kappa shape index (κ3) is 2.88. The molecule has 6 heteroatoms. The van der Waals surface area contributed by atoms with E-state index in [2.05, 4.69) is 10.3 Å². The molecule has 0 bridgehead atoms. The molecule has 4 rings (SSSR count). The number of carbonyl (C=O) groups is 2. The van der Waals surface area contributed by atoms with E-state index in [4.69, 9.17) is 0 Å². The van der Waals surface area contributed by atoms with Gasteiger partial charge in [0.1, 0.15) is 11.9 Å². The lowest BCUT2D eigenvalue weighted by Gasteiger charge is -2.14. The summed E-state index contributed by atoms with van der Waals surface area (Å²) in [7, 11) is 0. The minimum absolute atomic E-state index is 0.0172. The topological polar surface area (TPSA) is 82.2 Å². The van der Waals surface area contributed by atoms with E-state index in [1.165, 1.54) is 25.0 Å². The van der Waals surface area contributed by atoms with Gasteiger partial charge in [0.15, 0.2) is 0 Å². The summed E-state index contributed by atoms with van der Waals surface area (Å²) in [5, 5.41) is 12.9. The van der Waals surface area contributed by atoms with Crippen molar-refractivity contribution in [3.05, 3.63) is 35.8 Å². The molecule has 2 aromatic rings. The van der Waals surface area contributed by atoms with Crippen LogP contribution in [0, 0.1) is 23.6 Å². The van der Waals surface area contributed by atoms with Crippen molar-refractivity contribution in [2.75, 3.05) is 0 Å². The van der Waals surface area contributed by atoms with Crippen LogP contribution < -0.4 is 5.32 Å². The number of aromatic nitrogens is 1. The summed E-state index contributed by atoms with van der Waals surface area (Å²) in [6.07, 6.45) is 5.13. The Morgan fingerprint density at radius 2 is 2.17 bits per heavy atom. The van der Waals surface area contributed by atoms with Gasteiger partial charge in [-0.2, -0.15) is 0 Å². The molecule has 126 valence electrons. The van der Waals surface area contributed by atoms with Crippen LogP contribution in [0.3, 0.4) is 0 Å². The average molecular weight is 330 g/mol. The highest BCUT2D eigenvalue weighted by molar-refractivity contribution is 5.88. The number of rotatable bonds is 6. The third-order valence-electron chi connectivity index (χ3n) is 5.17. The summed E-state index contributed by atoms with van der Waals surface area (Å²) in [4.78, 5) is 26.8. The first-order valence-corrected chi connectivity index (χ1v) is 8.31. The van der Waals surface area contributed by atoms with Crippen LogP contribution in [-0.2, 0) is 16.0 Å². The molecule has 0 spiro atoms. The molecular formula is C18H19FN2O3. The molecule has 2 saturated carbocycles. The number of fused-ring (bicyclic) bond motifs is 1. The molecular weight excluding hydrogens is 311 g/mol. The Labute approximate surface area is 138 Å². The fourth-order valence-electron chi connectivity index (χ4n) is 3.59. The van der Waals surface area contributed by atoms with E-state index < -0.39 is 12.0 Å². The Kier molecular flexibility index (Phi) is 3.55.